The van der Waals surface area contributed by atoms with Crippen LogP contribution in [0, 0.1) is 0 Å². The Balaban J connectivity index is 2.55. The molecule has 3 N–H and O–H groups in total. The smallest absolute Gasteiger partial charge is 0.221 e. The summed E-state index contributed by atoms with van der Waals surface area (Å²) >= 11 is 0. The predicted octanol–water partition coefficient (Wildman–Crippen LogP) is -0.0433. The number of aryl methyl sites for hydroxylation is 1. The Morgan fingerprint density at radius 3 is 2.93 bits per heavy atom. The fourth-order valence-electron chi connectivity index (χ4n) is 1.20. The second-order valence-electron chi connectivity index (χ2n) is 3.21. The number of carbonyl (C=O) groups is 1. The van der Waals surface area contributed by atoms with E-state index >= 15 is 0 Å². The molecule has 1 rings (SSSR count). The highest BCUT2D eigenvalue weighted by molar-refractivity contribution is 5.75. The van der Waals surface area contributed by atoms with Gasteiger partial charge in [0, 0.05) is 38.0 Å². The van der Waals surface area contributed by atoms with Crippen LogP contribution < -0.4 is 16.5 Å². The monoisotopic (exact) mass is 209 g/mol. The van der Waals surface area contributed by atoms with Gasteiger partial charge in [0.15, 0.2) is 0 Å². The Hall–Kier alpha value is -1.78. The van der Waals surface area contributed by atoms with Gasteiger partial charge in [-0.05, 0) is 6.92 Å². The highest BCUT2D eigenvalue weighted by Gasteiger charge is 2.00. The van der Waals surface area contributed by atoms with Gasteiger partial charge in [-0.2, -0.15) is 0 Å². The molecule has 1 aromatic heterocycles. The second-order valence-corrected chi connectivity index (χ2v) is 3.21. The zero-order chi connectivity index (χ0) is 11.3. The molecule has 82 valence electrons. The maximum Gasteiger partial charge on any atom is 0.221 e. The van der Waals surface area contributed by atoms with Crippen LogP contribution in [0.15, 0.2) is 23.3 Å². The van der Waals surface area contributed by atoms with Crippen molar-refractivity contribution in [3.63, 3.8) is 0 Å². The number of nitrogens with zero attached hydrogens (tertiary/aromatic N) is 1. The lowest BCUT2D eigenvalue weighted by atomic mass is 10.3. The number of nitrogens with two attached hydrogens (primary N) is 1. The molecule has 0 aliphatic rings. The molecule has 0 unspecified atom stereocenters. The first-order valence-electron chi connectivity index (χ1n) is 4.85. The number of aromatic nitrogens is 1. The lowest BCUT2D eigenvalue weighted by Crippen LogP contribution is -2.24. The van der Waals surface area contributed by atoms with Gasteiger partial charge < -0.3 is 15.6 Å². The predicted molar refractivity (Wildman–Crippen MR) is 58.4 cm³/mol. The van der Waals surface area contributed by atoms with Gasteiger partial charge in [-0.3, -0.25) is 9.59 Å². The quantitative estimate of drug-likeness (QED) is 0.730. The molecule has 0 atom stereocenters. The molecular weight excluding hydrogens is 194 g/mol. The van der Waals surface area contributed by atoms with E-state index < -0.39 is 0 Å². The van der Waals surface area contributed by atoms with E-state index in [-0.39, 0.29) is 17.0 Å². The van der Waals surface area contributed by atoms with Gasteiger partial charge in [0.05, 0.1) is 5.69 Å². The van der Waals surface area contributed by atoms with Crippen molar-refractivity contribution in [2.24, 2.45) is 0 Å². The third-order valence-corrected chi connectivity index (χ3v) is 1.98. The van der Waals surface area contributed by atoms with Gasteiger partial charge in [-0.1, -0.05) is 0 Å². The zero-order valence-electron chi connectivity index (χ0n) is 8.69. The Morgan fingerprint density at radius 1 is 1.60 bits per heavy atom. The standard InChI is InChI=1S/C10H15N3O2/c1-2-12-10(15)4-6-13-5-3-9(14)8(11)7-13/h3,5,7H,2,4,6,11H2,1H3,(H,12,15). The third-order valence-electron chi connectivity index (χ3n) is 1.98. The average molecular weight is 209 g/mol. The fourth-order valence-corrected chi connectivity index (χ4v) is 1.20. The molecule has 0 fully saturated rings. The first kappa shape index (κ1) is 11.3. The Labute approximate surface area is 87.9 Å². The first-order valence-corrected chi connectivity index (χ1v) is 4.85. The summed E-state index contributed by atoms with van der Waals surface area (Å²) in [4.78, 5) is 22.1. The molecule has 0 saturated carbocycles. The molecule has 1 amide bonds. The first-order chi connectivity index (χ1) is 7.13. The summed E-state index contributed by atoms with van der Waals surface area (Å²) in [5.41, 5.74) is 5.46. The number of hydrogen-bond donors (Lipinski definition) is 2. The van der Waals surface area contributed by atoms with Crippen LogP contribution in [-0.2, 0) is 11.3 Å². The van der Waals surface area contributed by atoms with Crippen molar-refractivity contribution in [3.8, 4) is 0 Å². The summed E-state index contributed by atoms with van der Waals surface area (Å²) in [5.74, 6) is -0.00484. The van der Waals surface area contributed by atoms with E-state index in [0.717, 1.165) is 0 Å². The lowest BCUT2D eigenvalue weighted by molar-refractivity contribution is -0.121. The van der Waals surface area contributed by atoms with Crippen molar-refractivity contribution in [1.29, 1.82) is 0 Å². The number of pyridine rings is 1. The number of nitrogens with one attached hydrogen (secondary N) is 1. The van der Waals surface area contributed by atoms with Crippen LogP contribution in [0.4, 0.5) is 5.69 Å². The number of rotatable bonds is 4. The van der Waals surface area contributed by atoms with E-state index in [4.69, 9.17) is 5.73 Å². The van der Waals surface area contributed by atoms with E-state index in [1.807, 2.05) is 6.92 Å². The van der Waals surface area contributed by atoms with Crippen molar-refractivity contribution in [3.05, 3.63) is 28.7 Å². The van der Waals surface area contributed by atoms with Crippen LogP contribution >= 0.6 is 0 Å². The van der Waals surface area contributed by atoms with Crippen molar-refractivity contribution >= 4 is 11.6 Å². The number of nitrogen functional groups attached to an aromatic ring is 1. The van der Waals surface area contributed by atoms with E-state index in [2.05, 4.69) is 5.32 Å². The highest BCUT2D eigenvalue weighted by atomic mass is 16.1. The van der Waals surface area contributed by atoms with Gasteiger partial charge >= 0.3 is 0 Å². The van der Waals surface area contributed by atoms with Crippen LogP contribution in [0.2, 0.25) is 0 Å². The summed E-state index contributed by atoms with van der Waals surface area (Å²) in [5, 5.41) is 2.70. The molecule has 0 aliphatic heterocycles. The fraction of sp³-hybridized carbons (Fsp3) is 0.400. The summed E-state index contributed by atoms with van der Waals surface area (Å²) in [7, 11) is 0. The van der Waals surface area contributed by atoms with E-state index in [0.29, 0.717) is 19.5 Å². The normalized spacial score (nSPS) is 9.93. The minimum atomic E-state index is -0.191. The summed E-state index contributed by atoms with van der Waals surface area (Å²) < 4.78 is 1.73. The van der Waals surface area contributed by atoms with Crippen molar-refractivity contribution in [1.82, 2.24) is 9.88 Å². The maximum atomic E-state index is 11.2. The van der Waals surface area contributed by atoms with Crippen LogP contribution in [0.25, 0.3) is 0 Å². The van der Waals surface area contributed by atoms with Crippen LogP contribution in [0.5, 0.6) is 0 Å². The molecule has 0 bridgehead atoms. The molecule has 1 heterocycles. The molecular formula is C10H15N3O2. The second kappa shape index (κ2) is 5.19. The number of anilines is 1. The zero-order valence-corrected chi connectivity index (χ0v) is 8.69. The van der Waals surface area contributed by atoms with Crippen molar-refractivity contribution < 1.29 is 4.79 Å². The SMILES string of the molecule is CCNC(=O)CCn1ccc(=O)c(N)c1. The molecule has 0 aromatic carbocycles. The molecule has 15 heavy (non-hydrogen) atoms. The summed E-state index contributed by atoms with van der Waals surface area (Å²) in [6.45, 7) is 3.02. The van der Waals surface area contributed by atoms with Gasteiger partial charge in [-0.15, -0.1) is 0 Å². The molecule has 0 radical (unpaired) electrons. The molecule has 5 heteroatoms. The Bertz CT molecular complexity index is 398. The van der Waals surface area contributed by atoms with Crippen LogP contribution in [-0.4, -0.2) is 17.0 Å². The van der Waals surface area contributed by atoms with Gasteiger partial charge in [0.1, 0.15) is 0 Å². The van der Waals surface area contributed by atoms with E-state index in [1.165, 1.54) is 6.07 Å². The molecule has 0 aliphatic carbocycles. The van der Waals surface area contributed by atoms with Crippen molar-refractivity contribution in [2.45, 2.75) is 19.9 Å². The topological polar surface area (TPSA) is 77.1 Å². The number of amides is 1. The Morgan fingerprint density at radius 2 is 2.33 bits per heavy atom. The summed E-state index contributed by atoms with van der Waals surface area (Å²) in [6.07, 6.45) is 3.55. The average Bonchev–Trinajstić information content (AvgIpc) is 2.20. The van der Waals surface area contributed by atoms with Crippen molar-refractivity contribution in [2.75, 3.05) is 12.3 Å². The van der Waals surface area contributed by atoms with E-state index in [9.17, 15) is 9.59 Å². The largest absolute Gasteiger partial charge is 0.394 e. The summed E-state index contributed by atoms with van der Waals surface area (Å²) in [6, 6.07) is 1.40. The van der Waals surface area contributed by atoms with Gasteiger partial charge in [0.25, 0.3) is 0 Å². The lowest BCUT2D eigenvalue weighted by Gasteiger charge is -2.06. The molecule has 1 aromatic rings. The van der Waals surface area contributed by atoms with Gasteiger partial charge in [0.2, 0.25) is 11.3 Å². The van der Waals surface area contributed by atoms with Crippen LogP contribution in [0.1, 0.15) is 13.3 Å². The molecule has 5 nitrogen and oxygen atoms in total. The van der Waals surface area contributed by atoms with Crippen LogP contribution in [0.3, 0.4) is 0 Å². The molecule has 0 saturated heterocycles. The third kappa shape index (κ3) is 3.46. The minimum absolute atomic E-state index is 0.00484. The van der Waals surface area contributed by atoms with E-state index in [1.54, 1.807) is 17.0 Å². The van der Waals surface area contributed by atoms with Gasteiger partial charge in [-0.25, -0.2) is 0 Å². The maximum absolute atomic E-state index is 11.2. The Kier molecular flexibility index (Phi) is 3.91. The number of hydrogen-bond acceptors (Lipinski definition) is 3. The number of carbonyl (C=O) groups excluding carboxylic acids is 1. The minimum Gasteiger partial charge on any atom is -0.394 e. The highest BCUT2D eigenvalue weighted by Crippen LogP contribution is 1.95. The molecule has 0 spiro atoms.